The molecule has 0 aliphatic rings. The molecule has 0 unspecified atom stereocenters. The summed E-state index contributed by atoms with van der Waals surface area (Å²) in [6.07, 6.45) is 3.58. The van der Waals surface area contributed by atoms with Gasteiger partial charge in [-0.25, -0.2) is 0 Å². The van der Waals surface area contributed by atoms with Crippen LogP contribution in [-0.2, 0) is 7.05 Å². The zero-order valence-corrected chi connectivity index (χ0v) is 9.53. The average Bonchev–Trinajstić information content (AvgIpc) is 2.68. The third-order valence-corrected chi connectivity index (χ3v) is 2.55. The van der Waals surface area contributed by atoms with Gasteiger partial charge in [-0.15, -0.1) is 0 Å². The van der Waals surface area contributed by atoms with Crippen molar-refractivity contribution in [1.29, 1.82) is 0 Å². The van der Waals surface area contributed by atoms with Gasteiger partial charge in [-0.1, -0.05) is 23.7 Å². The number of rotatable bonds is 2. The number of para-hydroxylation sites is 1. The first kappa shape index (κ1) is 10.8. The van der Waals surface area contributed by atoms with Gasteiger partial charge in [0.2, 0.25) is 0 Å². The van der Waals surface area contributed by atoms with Gasteiger partial charge in [0.15, 0.2) is 0 Å². The molecule has 2 rings (SSSR count). The van der Waals surface area contributed by atoms with Crippen LogP contribution in [0.2, 0.25) is 5.02 Å². The summed E-state index contributed by atoms with van der Waals surface area (Å²) in [7, 11) is 1.87. The normalized spacial score (nSPS) is 10.1. The Hall–Kier alpha value is -1.74. The summed E-state index contributed by atoms with van der Waals surface area (Å²) in [5.41, 5.74) is 1.24. The SMILES string of the molecule is Cn1ccc(C(=O)Nc2ccccc2Cl)c1. The fraction of sp³-hybridized carbons (Fsp3) is 0.0833. The van der Waals surface area contributed by atoms with Crippen molar-refractivity contribution in [2.45, 2.75) is 0 Å². The summed E-state index contributed by atoms with van der Waals surface area (Å²) in [5.74, 6) is -0.159. The highest BCUT2D eigenvalue weighted by Crippen LogP contribution is 2.21. The highest BCUT2D eigenvalue weighted by Gasteiger charge is 2.08. The van der Waals surface area contributed by atoms with Crippen molar-refractivity contribution < 1.29 is 4.79 Å². The molecule has 0 saturated carbocycles. The molecular formula is C12H11ClN2O. The molecule has 0 bridgehead atoms. The minimum absolute atomic E-state index is 0.159. The monoisotopic (exact) mass is 234 g/mol. The molecule has 4 heteroatoms. The quantitative estimate of drug-likeness (QED) is 0.852. The number of hydrogen-bond acceptors (Lipinski definition) is 1. The molecule has 1 amide bonds. The van der Waals surface area contributed by atoms with Crippen LogP contribution < -0.4 is 5.32 Å². The molecule has 2 aromatic rings. The Balaban J connectivity index is 2.17. The maximum atomic E-state index is 11.8. The lowest BCUT2D eigenvalue weighted by Crippen LogP contribution is -2.11. The molecule has 3 nitrogen and oxygen atoms in total. The van der Waals surface area contributed by atoms with E-state index < -0.39 is 0 Å². The third kappa shape index (κ3) is 2.25. The van der Waals surface area contributed by atoms with Gasteiger partial charge in [0.1, 0.15) is 0 Å². The van der Waals surface area contributed by atoms with Gasteiger partial charge < -0.3 is 9.88 Å². The lowest BCUT2D eigenvalue weighted by molar-refractivity contribution is 0.102. The Morgan fingerprint density at radius 3 is 2.69 bits per heavy atom. The molecule has 0 fully saturated rings. The molecule has 0 spiro atoms. The molecule has 0 aliphatic heterocycles. The number of benzene rings is 1. The summed E-state index contributed by atoms with van der Waals surface area (Å²) in [6.45, 7) is 0. The molecule has 1 aromatic heterocycles. The average molecular weight is 235 g/mol. The topological polar surface area (TPSA) is 34.0 Å². The summed E-state index contributed by atoms with van der Waals surface area (Å²) in [4.78, 5) is 11.8. The van der Waals surface area contributed by atoms with E-state index in [1.165, 1.54) is 0 Å². The minimum atomic E-state index is -0.159. The molecule has 82 valence electrons. The van der Waals surface area contributed by atoms with Gasteiger partial charge >= 0.3 is 0 Å². The second-order valence-electron chi connectivity index (χ2n) is 3.50. The maximum absolute atomic E-state index is 11.8. The van der Waals surface area contributed by atoms with Crippen LogP contribution >= 0.6 is 11.6 Å². The van der Waals surface area contributed by atoms with E-state index in [2.05, 4.69) is 5.32 Å². The van der Waals surface area contributed by atoms with Gasteiger partial charge in [-0.05, 0) is 18.2 Å². The number of amides is 1. The van der Waals surface area contributed by atoms with Crippen LogP contribution in [0.15, 0.2) is 42.7 Å². The van der Waals surface area contributed by atoms with E-state index in [0.29, 0.717) is 16.3 Å². The van der Waals surface area contributed by atoms with E-state index in [-0.39, 0.29) is 5.91 Å². The van der Waals surface area contributed by atoms with Crippen LogP contribution in [-0.4, -0.2) is 10.5 Å². The Bertz CT molecular complexity index is 519. The summed E-state index contributed by atoms with van der Waals surface area (Å²) in [5, 5.41) is 3.29. The van der Waals surface area contributed by atoms with Crippen molar-refractivity contribution in [1.82, 2.24) is 4.57 Å². The molecule has 1 aromatic carbocycles. The Kier molecular flexibility index (Phi) is 2.97. The molecule has 0 aliphatic carbocycles. The second-order valence-corrected chi connectivity index (χ2v) is 3.91. The second kappa shape index (κ2) is 4.41. The number of carbonyl (C=O) groups is 1. The first-order valence-corrected chi connectivity index (χ1v) is 5.22. The van der Waals surface area contributed by atoms with Crippen molar-refractivity contribution >= 4 is 23.2 Å². The largest absolute Gasteiger partial charge is 0.356 e. The predicted molar refractivity (Wildman–Crippen MR) is 64.8 cm³/mol. The highest BCUT2D eigenvalue weighted by atomic mass is 35.5. The van der Waals surface area contributed by atoms with Crippen LogP contribution in [0.5, 0.6) is 0 Å². The molecule has 0 saturated heterocycles. The first-order valence-electron chi connectivity index (χ1n) is 4.84. The number of nitrogens with zero attached hydrogens (tertiary/aromatic N) is 1. The summed E-state index contributed by atoms with van der Waals surface area (Å²) in [6, 6.07) is 8.91. The van der Waals surface area contributed by atoms with Crippen LogP contribution in [0.25, 0.3) is 0 Å². The van der Waals surface area contributed by atoms with E-state index >= 15 is 0 Å². The fourth-order valence-corrected chi connectivity index (χ4v) is 1.58. The minimum Gasteiger partial charge on any atom is -0.356 e. The summed E-state index contributed by atoms with van der Waals surface area (Å²) < 4.78 is 1.82. The van der Waals surface area contributed by atoms with E-state index in [1.807, 2.05) is 29.9 Å². The van der Waals surface area contributed by atoms with Crippen molar-refractivity contribution in [3.8, 4) is 0 Å². The Morgan fingerprint density at radius 1 is 1.31 bits per heavy atom. The Labute approximate surface area is 98.7 Å². The molecular weight excluding hydrogens is 224 g/mol. The number of aromatic nitrogens is 1. The van der Waals surface area contributed by atoms with E-state index in [9.17, 15) is 4.79 Å². The zero-order valence-electron chi connectivity index (χ0n) is 8.77. The maximum Gasteiger partial charge on any atom is 0.257 e. The van der Waals surface area contributed by atoms with Gasteiger partial charge in [-0.2, -0.15) is 0 Å². The number of nitrogens with one attached hydrogen (secondary N) is 1. The zero-order chi connectivity index (χ0) is 11.5. The lowest BCUT2D eigenvalue weighted by atomic mass is 10.3. The van der Waals surface area contributed by atoms with E-state index in [1.54, 1.807) is 24.4 Å². The third-order valence-electron chi connectivity index (χ3n) is 2.22. The number of carbonyl (C=O) groups excluding carboxylic acids is 1. The van der Waals surface area contributed by atoms with Gasteiger partial charge in [0.05, 0.1) is 16.3 Å². The lowest BCUT2D eigenvalue weighted by Gasteiger charge is -2.05. The number of hydrogen-bond donors (Lipinski definition) is 1. The van der Waals surface area contributed by atoms with Crippen LogP contribution in [0.3, 0.4) is 0 Å². The van der Waals surface area contributed by atoms with Crippen molar-refractivity contribution in [2.75, 3.05) is 5.32 Å². The number of aryl methyl sites for hydroxylation is 1. The van der Waals surface area contributed by atoms with Gasteiger partial charge in [0.25, 0.3) is 5.91 Å². The molecule has 0 atom stereocenters. The summed E-state index contributed by atoms with van der Waals surface area (Å²) >= 11 is 5.94. The van der Waals surface area contributed by atoms with Crippen LogP contribution in [0.1, 0.15) is 10.4 Å². The van der Waals surface area contributed by atoms with Crippen molar-refractivity contribution in [3.63, 3.8) is 0 Å². The molecule has 1 heterocycles. The van der Waals surface area contributed by atoms with Crippen molar-refractivity contribution in [2.24, 2.45) is 7.05 Å². The smallest absolute Gasteiger partial charge is 0.257 e. The number of anilines is 1. The molecule has 16 heavy (non-hydrogen) atoms. The number of halogens is 1. The van der Waals surface area contributed by atoms with Crippen LogP contribution in [0, 0.1) is 0 Å². The standard InChI is InChI=1S/C12H11ClN2O/c1-15-7-6-9(8-15)12(16)14-11-5-3-2-4-10(11)13/h2-8H,1H3,(H,14,16). The first-order chi connectivity index (χ1) is 7.66. The Morgan fingerprint density at radius 2 is 2.06 bits per heavy atom. The molecule has 0 radical (unpaired) electrons. The van der Waals surface area contributed by atoms with Gasteiger partial charge in [0, 0.05) is 19.4 Å². The van der Waals surface area contributed by atoms with Gasteiger partial charge in [-0.3, -0.25) is 4.79 Å². The highest BCUT2D eigenvalue weighted by molar-refractivity contribution is 6.33. The fourth-order valence-electron chi connectivity index (χ4n) is 1.39. The molecule has 1 N–H and O–H groups in total. The van der Waals surface area contributed by atoms with Crippen LogP contribution in [0.4, 0.5) is 5.69 Å². The predicted octanol–water partition coefficient (Wildman–Crippen LogP) is 2.93. The van der Waals surface area contributed by atoms with Crippen molar-refractivity contribution in [3.05, 3.63) is 53.3 Å². The van der Waals surface area contributed by atoms with E-state index in [4.69, 9.17) is 11.6 Å². The van der Waals surface area contributed by atoms with E-state index in [0.717, 1.165) is 0 Å².